The Hall–Kier alpha value is -0.380. The lowest BCUT2D eigenvalue weighted by Gasteiger charge is -2.38. The van der Waals surface area contributed by atoms with Crippen LogP contribution in [0.2, 0.25) is 0 Å². The fourth-order valence-electron chi connectivity index (χ4n) is 3.60. The van der Waals surface area contributed by atoms with Gasteiger partial charge in [-0.2, -0.15) is 0 Å². The molecule has 0 N–H and O–H groups in total. The predicted octanol–water partition coefficient (Wildman–Crippen LogP) is 3.63. The predicted molar refractivity (Wildman–Crippen MR) is 70.0 cm³/mol. The fraction of sp³-hybridized carbons (Fsp3) is 0.571. The smallest absolute Gasteiger partial charge is 0.177 e. The largest absolute Gasteiger partial charge is 0.352 e. The third-order valence-electron chi connectivity index (χ3n) is 4.43. The van der Waals surface area contributed by atoms with E-state index in [0.717, 1.165) is 23.9 Å². The summed E-state index contributed by atoms with van der Waals surface area (Å²) in [6.45, 7) is 0.809. The van der Waals surface area contributed by atoms with Gasteiger partial charge in [-0.25, -0.2) is 0 Å². The van der Waals surface area contributed by atoms with Crippen LogP contribution in [-0.2, 0) is 14.9 Å². The molecule has 0 bridgehead atoms. The van der Waals surface area contributed by atoms with Crippen molar-refractivity contribution in [2.24, 2.45) is 0 Å². The molecule has 0 spiro atoms. The molecule has 0 unspecified atom stereocenters. The van der Waals surface area contributed by atoms with Gasteiger partial charge in [0.25, 0.3) is 0 Å². The number of rotatable bonds is 2. The molecule has 1 aromatic rings. The van der Waals surface area contributed by atoms with Crippen LogP contribution in [0.15, 0.2) is 28.7 Å². The molecule has 2 aliphatic rings. The van der Waals surface area contributed by atoms with Gasteiger partial charge in [0.2, 0.25) is 0 Å². The summed E-state index contributed by atoms with van der Waals surface area (Å²) in [6.07, 6.45) is 4.44. The summed E-state index contributed by atoms with van der Waals surface area (Å²) in [5.41, 5.74) is 1.43. The van der Waals surface area contributed by atoms with Crippen molar-refractivity contribution in [3.63, 3.8) is 0 Å². The van der Waals surface area contributed by atoms with Crippen molar-refractivity contribution in [3.8, 4) is 0 Å². The van der Waals surface area contributed by atoms with Crippen LogP contribution in [0, 0.1) is 0 Å². The van der Waals surface area contributed by atoms with Crippen LogP contribution in [0.3, 0.4) is 0 Å². The van der Waals surface area contributed by atoms with Gasteiger partial charge in [-0.1, -0.05) is 28.1 Å². The standard InChI is InChI=1S/C14H17BrO2/c1-16-14-8-2-7-13(14,9-10-17-14)11-3-5-12(15)6-4-11/h3-6H,2,7-10H2,1H3/t13-,14-/m1/s1. The Morgan fingerprint density at radius 2 is 1.94 bits per heavy atom. The summed E-state index contributed by atoms with van der Waals surface area (Å²) in [7, 11) is 1.78. The molecule has 0 aromatic heterocycles. The van der Waals surface area contributed by atoms with Crippen LogP contribution < -0.4 is 0 Å². The maximum Gasteiger partial charge on any atom is 0.177 e. The Morgan fingerprint density at radius 3 is 2.65 bits per heavy atom. The summed E-state index contributed by atoms with van der Waals surface area (Å²) in [6, 6.07) is 8.64. The molecule has 2 atom stereocenters. The second-order valence-corrected chi connectivity index (χ2v) is 5.91. The Labute approximate surface area is 110 Å². The molecule has 92 valence electrons. The second kappa shape index (κ2) is 4.08. The Morgan fingerprint density at radius 1 is 1.18 bits per heavy atom. The van der Waals surface area contributed by atoms with Crippen LogP contribution in [-0.4, -0.2) is 19.5 Å². The van der Waals surface area contributed by atoms with Crippen molar-refractivity contribution >= 4 is 15.9 Å². The molecule has 0 amide bonds. The van der Waals surface area contributed by atoms with Gasteiger partial charge in [0.1, 0.15) is 0 Å². The normalized spacial score (nSPS) is 36.1. The fourth-order valence-corrected chi connectivity index (χ4v) is 3.87. The zero-order chi connectivity index (χ0) is 11.9. The van der Waals surface area contributed by atoms with Gasteiger partial charge in [0.15, 0.2) is 5.79 Å². The van der Waals surface area contributed by atoms with Gasteiger partial charge in [0, 0.05) is 18.0 Å². The number of hydrogen-bond donors (Lipinski definition) is 0. The van der Waals surface area contributed by atoms with Crippen molar-refractivity contribution < 1.29 is 9.47 Å². The van der Waals surface area contributed by atoms with Crippen LogP contribution in [0.4, 0.5) is 0 Å². The minimum Gasteiger partial charge on any atom is -0.352 e. The third kappa shape index (κ3) is 1.52. The van der Waals surface area contributed by atoms with E-state index in [1.165, 1.54) is 18.4 Å². The first-order valence-electron chi connectivity index (χ1n) is 6.18. The van der Waals surface area contributed by atoms with Crippen LogP contribution in [0.25, 0.3) is 0 Å². The summed E-state index contributed by atoms with van der Waals surface area (Å²) >= 11 is 3.49. The highest BCUT2D eigenvalue weighted by Gasteiger charge is 2.60. The van der Waals surface area contributed by atoms with Crippen molar-refractivity contribution in [2.45, 2.75) is 36.9 Å². The van der Waals surface area contributed by atoms with Crippen molar-refractivity contribution in [2.75, 3.05) is 13.7 Å². The Kier molecular flexibility index (Phi) is 2.80. The molecule has 2 nitrogen and oxygen atoms in total. The molecule has 1 aliphatic carbocycles. The molecule has 1 saturated carbocycles. The molecule has 1 aromatic carbocycles. The van der Waals surface area contributed by atoms with Crippen molar-refractivity contribution in [3.05, 3.63) is 34.3 Å². The molecule has 17 heavy (non-hydrogen) atoms. The maximum absolute atomic E-state index is 5.97. The number of benzene rings is 1. The maximum atomic E-state index is 5.97. The lowest BCUT2D eigenvalue weighted by atomic mass is 9.74. The molecule has 2 fully saturated rings. The average Bonchev–Trinajstić information content (AvgIpc) is 2.85. The first-order chi connectivity index (χ1) is 8.22. The molecular formula is C14H17BrO2. The van der Waals surface area contributed by atoms with E-state index in [0.29, 0.717) is 0 Å². The van der Waals surface area contributed by atoms with E-state index < -0.39 is 0 Å². The van der Waals surface area contributed by atoms with E-state index in [-0.39, 0.29) is 11.2 Å². The number of ether oxygens (including phenoxy) is 2. The average molecular weight is 297 g/mol. The van der Waals surface area contributed by atoms with Crippen LogP contribution in [0.1, 0.15) is 31.2 Å². The molecule has 1 heterocycles. The zero-order valence-corrected chi connectivity index (χ0v) is 11.6. The molecular weight excluding hydrogens is 280 g/mol. The van der Waals surface area contributed by atoms with Crippen molar-refractivity contribution in [1.82, 2.24) is 0 Å². The number of hydrogen-bond acceptors (Lipinski definition) is 2. The highest BCUT2D eigenvalue weighted by atomic mass is 79.9. The lowest BCUT2D eigenvalue weighted by Crippen LogP contribution is -2.45. The summed E-state index contributed by atoms with van der Waals surface area (Å²) in [5, 5.41) is 0. The van der Waals surface area contributed by atoms with Crippen molar-refractivity contribution in [1.29, 1.82) is 0 Å². The quantitative estimate of drug-likeness (QED) is 0.830. The van der Waals surface area contributed by atoms with E-state index in [2.05, 4.69) is 40.2 Å². The number of halogens is 1. The number of fused-ring (bicyclic) bond motifs is 1. The molecule has 1 aliphatic heterocycles. The molecule has 3 heteroatoms. The SMILES string of the molecule is CO[C@@]12CCC[C@]1(c1ccc(Br)cc1)CCO2. The van der Waals surface area contributed by atoms with E-state index in [4.69, 9.17) is 9.47 Å². The van der Waals surface area contributed by atoms with Gasteiger partial charge in [-0.3, -0.25) is 0 Å². The Bertz CT molecular complexity index is 403. The monoisotopic (exact) mass is 296 g/mol. The van der Waals surface area contributed by atoms with Crippen LogP contribution in [0.5, 0.6) is 0 Å². The highest BCUT2D eigenvalue weighted by Crippen LogP contribution is 2.56. The van der Waals surface area contributed by atoms with Gasteiger partial charge >= 0.3 is 0 Å². The zero-order valence-electron chi connectivity index (χ0n) is 10.0. The van der Waals surface area contributed by atoms with E-state index in [9.17, 15) is 0 Å². The summed E-state index contributed by atoms with van der Waals surface area (Å²) in [5.74, 6) is -0.374. The first-order valence-corrected chi connectivity index (χ1v) is 6.97. The van der Waals surface area contributed by atoms with Gasteiger partial charge in [-0.15, -0.1) is 0 Å². The molecule has 1 saturated heterocycles. The van der Waals surface area contributed by atoms with E-state index in [1.807, 2.05) is 0 Å². The number of methoxy groups -OCH3 is 1. The Balaban J connectivity index is 2.07. The first kappa shape index (κ1) is 11.7. The lowest BCUT2D eigenvalue weighted by molar-refractivity contribution is -0.213. The summed E-state index contributed by atoms with van der Waals surface area (Å²) in [4.78, 5) is 0. The van der Waals surface area contributed by atoms with Gasteiger partial charge < -0.3 is 9.47 Å². The minimum absolute atomic E-state index is 0.0719. The second-order valence-electron chi connectivity index (χ2n) is 5.00. The topological polar surface area (TPSA) is 18.5 Å². The van der Waals surface area contributed by atoms with Gasteiger partial charge in [-0.05, 0) is 37.0 Å². The molecule has 3 rings (SSSR count). The summed E-state index contributed by atoms with van der Waals surface area (Å²) < 4.78 is 12.9. The van der Waals surface area contributed by atoms with Gasteiger partial charge in [0.05, 0.1) is 12.0 Å². The highest BCUT2D eigenvalue weighted by molar-refractivity contribution is 9.10. The third-order valence-corrected chi connectivity index (χ3v) is 4.96. The molecule has 0 radical (unpaired) electrons. The van der Waals surface area contributed by atoms with Crippen LogP contribution >= 0.6 is 15.9 Å². The van der Waals surface area contributed by atoms with E-state index in [1.54, 1.807) is 7.11 Å². The minimum atomic E-state index is -0.374. The van der Waals surface area contributed by atoms with E-state index >= 15 is 0 Å².